The summed E-state index contributed by atoms with van der Waals surface area (Å²) >= 11 is 0. The van der Waals surface area contributed by atoms with Gasteiger partial charge in [-0.05, 0) is 64.2 Å². The van der Waals surface area contributed by atoms with Crippen LogP contribution in [0.4, 0.5) is 0 Å². The number of allylic oxidation sites excluding steroid dienone is 10. The third-order valence-corrected chi connectivity index (χ3v) is 12.3. The van der Waals surface area contributed by atoms with Crippen molar-refractivity contribution in [1.29, 1.82) is 0 Å². The van der Waals surface area contributed by atoms with Crippen molar-refractivity contribution in [2.75, 3.05) is 13.2 Å². The van der Waals surface area contributed by atoms with Gasteiger partial charge in [0.1, 0.15) is 13.2 Å². The molecule has 0 aromatic rings. The Labute approximate surface area is 409 Å². The minimum Gasteiger partial charge on any atom is -0.462 e. The van der Waals surface area contributed by atoms with Crippen LogP contribution in [0.15, 0.2) is 60.8 Å². The van der Waals surface area contributed by atoms with Gasteiger partial charge in [0, 0.05) is 19.3 Å². The average Bonchev–Trinajstić information content (AvgIpc) is 3.31. The van der Waals surface area contributed by atoms with Crippen LogP contribution in [0.1, 0.15) is 284 Å². The maximum atomic E-state index is 12.8. The number of ether oxygens (including phenoxy) is 3. The van der Waals surface area contributed by atoms with Crippen molar-refractivity contribution in [2.45, 2.75) is 290 Å². The number of hydrogen-bond acceptors (Lipinski definition) is 6. The third kappa shape index (κ3) is 52.1. The molecule has 0 amide bonds. The first-order valence-electron chi connectivity index (χ1n) is 28.3. The molecule has 0 radical (unpaired) electrons. The largest absolute Gasteiger partial charge is 0.462 e. The lowest BCUT2D eigenvalue weighted by atomic mass is 10.0. The number of carbonyl (C=O) groups excluding carboxylic acids is 3. The van der Waals surface area contributed by atoms with Crippen LogP contribution in [-0.4, -0.2) is 37.2 Å². The molecular formula is C60H106O6. The van der Waals surface area contributed by atoms with Crippen molar-refractivity contribution in [1.82, 2.24) is 0 Å². The smallest absolute Gasteiger partial charge is 0.306 e. The topological polar surface area (TPSA) is 78.9 Å². The van der Waals surface area contributed by atoms with Gasteiger partial charge in [0.2, 0.25) is 0 Å². The van der Waals surface area contributed by atoms with Gasteiger partial charge in [-0.25, -0.2) is 0 Å². The molecule has 0 rings (SSSR count). The van der Waals surface area contributed by atoms with Gasteiger partial charge in [0.05, 0.1) is 0 Å². The van der Waals surface area contributed by atoms with Crippen LogP contribution in [0, 0.1) is 0 Å². The molecule has 0 spiro atoms. The van der Waals surface area contributed by atoms with E-state index in [1.807, 2.05) is 0 Å². The minimum absolute atomic E-state index is 0.0754. The summed E-state index contributed by atoms with van der Waals surface area (Å²) in [7, 11) is 0. The van der Waals surface area contributed by atoms with Crippen molar-refractivity contribution >= 4 is 17.9 Å². The number of hydrogen-bond donors (Lipinski definition) is 0. The van der Waals surface area contributed by atoms with Crippen LogP contribution in [-0.2, 0) is 28.6 Å². The van der Waals surface area contributed by atoms with Gasteiger partial charge in [-0.1, -0.05) is 261 Å². The number of esters is 3. The number of carbonyl (C=O) groups is 3. The first-order chi connectivity index (χ1) is 32.5. The zero-order chi connectivity index (χ0) is 47.9. The van der Waals surface area contributed by atoms with E-state index in [4.69, 9.17) is 14.2 Å². The Morgan fingerprint density at radius 1 is 0.318 bits per heavy atom. The highest BCUT2D eigenvalue weighted by atomic mass is 16.6. The standard InChI is InChI=1S/C60H106O6/c1-4-7-10-13-16-18-20-22-24-26-28-29-30-31-33-34-36-38-40-42-44-47-50-53-59(62)65-56-57(55-64-58(61)52-49-46-15-12-9-6-3)66-60(63)54-51-48-45-43-41-39-37-35-32-27-25-23-21-19-17-14-11-8-5-2/h7,10,16,18,22,24,28-29,31,33,57H,4-6,8-9,11-15,17,19-21,23,25-27,30,32,34-56H2,1-3H3/b10-7-,18-16-,24-22-,29-28-,33-31-. The lowest BCUT2D eigenvalue weighted by Crippen LogP contribution is -2.30. The Morgan fingerprint density at radius 2 is 0.591 bits per heavy atom. The highest BCUT2D eigenvalue weighted by Gasteiger charge is 2.19. The van der Waals surface area contributed by atoms with Crippen LogP contribution >= 0.6 is 0 Å². The molecule has 0 N–H and O–H groups in total. The molecule has 66 heavy (non-hydrogen) atoms. The molecule has 1 unspecified atom stereocenters. The molecule has 1 atom stereocenters. The molecule has 382 valence electrons. The predicted molar refractivity (Wildman–Crippen MR) is 284 cm³/mol. The summed E-state index contributed by atoms with van der Waals surface area (Å²) in [6.07, 6.45) is 68.1. The van der Waals surface area contributed by atoms with Gasteiger partial charge < -0.3 is 14.2 Å². The van der Waals surface area contributed by atoms with Gasteiger partial charge >= 0.3 is 17.9 Å². The van der Waals surface area contributed by atoms with Gasteiger partial charge in [0.25, 0.3) is 0 Å². The molecule has 0 heterocycles. The van der Waals surface area contributed by atoms with Gasteiger partial charge in [-0.2, -0.15) is 0 Å². The van der Waals surface area contributed by atoms with E-state index in [1.54, 1.807) is 0 Å². The summed E-state index contributed by atoms with van der Waals surface area (Å²) < 4.78 is 16.8. The van der Waals surface area contributed by atoms with E-state index in [-0.39, 0.29) is 31.1 Å². The normalized spacial score (nSPS) is 12.5. The molecule has 0 aromatic carbocycles. The second-order valence-corrected chi connectivity index (χ2v) is 18.8. The Hall–Kier alpha value is -2.89. The van der Waals surface area contributed by atoms with Crippen molar-refractivity contribution in [3.63, 3.8) is 0 Å². The van der Waals surface area contributed by atoms with Gasteiger partial charge in [-0.3, -0.25) is 14.4 Å². The first kappa shape index (κ1) is 63.1. The Kier molecular flexibility index (Phi) is 52.3. The lowest BCUT2D eigenvalue weighted by Gasteiger charge is -2.18. The van der Waals surface area contributed by atoms with E-state index in [0.29, 0.717) is 19.3 Å². The number of rotatable bonds is 51. The summed E-state index contributed by atoms with van der Waals surface area (Å²) in [6, 6.07) is 0. The first-order valence-corrected chi connectivity index (χ1v) is 28.3. The van der Waals surface area contributed by atoms with E-state index in [0.717, 1.165) is 96.3 Å². The minimum atomic E-state index is -0.773. The van der Waals surface area contributed by atoms with Crippen molar-refractivity contribution in [3.8, 4) is 0 Å². The van der Waals surface area contributed by atoms with Crippen molar-refractivity contribution in [3.05, 3.63) is 60.8 Å². The van der Waals surface area contributed by atoms with Crippen molar-refractivity contribution in [2.24, 2.45) is 0 Å². The molecule has 0 aromatic heterocycles. The number of unbranched alkanes of at least 4 members (excludes halogenated alkanes) is 30. The molecule has 0 fully saturated rings. The van der Waals surface area contributed by atoms with E-state index >= 15 is 0 Å². The van der Waals surface area contributed by atoms with Crippen molar-refractivity contribution < 1.29 is 28.6 Å². The van der Waals surface area contributed by atoms with Crippen LogP contribution in [0.3, 0.4) is 0 Å². The fourth-order valence-corrected chi connectivity index (χ4v) is 8.06. The molecule has 0 aliphatic carbocycles. The average molecular weight is 924 g/mol. The summed E-state index contributed by atoms with van der Waals surface area (Å²) in [6.45, 7) is 6.48. The van der Waals surface area contributed by atoms with E-state index in [1.165, 1.54) is 148 Å². The quantitative estimate of drug-likeness (QED) is 0.0262. The highest BCUT2D eigenvalue weighted by Crippen LogP contribution is 2.16. The molecule has 6 nitrogen and oxygen atoms in total. The summed E-state index contributed by atoms with van der Waals surface area (Å²) in [5.41, 5.74) is 0. The van der Waals surface area contributed by atoms with Crippen LogP contribution in [0.5, 0.6) is 0 Å². The molecule has 0 aliphatic rings. The van der Waals surface area contributed by atoms with Gasteiger partial charge in [0.15, 0.2) is 6.10 Å². The Balaban J connectivity index is 4.16. The molecule has 0 saturated heterocycles. The van der Waals surface area contributed by atoms with Gasteiger partial charge in [-0.15, -0.1) is 0 Å². The molecule has 0 aliphatic heterocycles. The maximum absolute atomic E-state index is 12.8. The Morgan fingerprint density at radius 3 is 0.924 bits per heavy atom. The molecule has 0 saturated carbocycles. The lowest BCUT2D eigenvalue weighted by molar-refractivity contribution is -0.167. The van der Waals surface area contributed by atoms with Crippen LogP contribution in [0.25, 0.3) is 0 Å². The molecular weight excluding hydrogens is 817 g/mol. The fraction of sp³-hybridized carbons (Fsp3) is 0.783. The SMILES string of the molecule is CC/C=C\C/C=C\C/C=C\C/C=C\C/C=C\CCCCCCCCCC(=O)OCC(COC(=O)CCCCCCCC)OC(=O)CCCCCCCCCCCCCCCCCCCCC. The fourth-order valence-electron chi connectivity index (χ4n) is 8.06. The zero-order valence-electron chi connectivity index (χ0n) is 43.7. The summed E-state index contributed by atoms with van der Waals surface area (Å²) in [5.74, 6) is -0.885. The second-order valence-electron chi connectivity index (χ2n) is 18.8. The zero-order valence-corrected chi connectivity index (χ0v) is 43.7. The molecule has 0 bridgehead atoms. The van der Waals surface area contributed by atoms with E-state index in [2.05, 4.69) is 81.5 Å². The molecule has 6 heteroatoms. The highest BCUT2D eigenvalue weighted by molar-refractivity contribution is 5.71. The van der Waals surface area contributed by atoms with E-state index in [9.17, 15) is 14.4 Å². The van der Waals surface area contributed by atoms with Crippen LogP contribution < -0.4 is 0 Å². The van der Waals surface area contributed by atoms with Crippen LogP contribution in [0.2, 0.25) is 0 Å². The maximum Gasteiger partial charge on any atom is 0.306 e. The Bertz CT molecular complexity index is 1200. The summed E-state index contributed by atoms with van der Waals surface area (Å²) in [5, 5.41) is 0. The third-order valence-electron chi connectivity index (χ3n) is 12.3. The second kappa shape index (κ2) is 54.7. The summed E-state index contributed by atoms with van der Waals surface area (Å²) in [4.78, 5) is 37.9. The predicted octanol–water partition coefficient (Wildman–Crippen LogP) is 18.8. The monoisotopic (exact) mass is 923 g/mol. The van der Waals surface area contributed by atoms with E-state index < -0.39 is 6.10 Å².